The standard InChI is InChI=1S/C11H16O2/c1-8-4-5-11(6-9(8)2)7-13-10(3)12/h4-6,10,12H,7H2,1-3H3. The molecule has 0 amide bonds. The quantitative estimate of drug-likeness (QED) is 0.722. The fraction of sp³-hybridized carbons (Fsp3) is 0.455. The molecular formula is C11H16O2. The Balaban J connectivity index is 2.63. The first-order valence-electron chi connectivity index (χ1n) is 4.45. The van der Waals surface area contributed by atoms with Gasteiger partial charge in [0.1, 0.15) is 0 Å². The minimum atomic E-state index is -0.693. The number of ether oxygens (including phenoxy) is 1. The predicted molar refractivity (Wildman–Crippen MR) is 52.4 cm³/mol. The van der Waals surface area contributed by atoms with Crippen molar-refractivity contribution in [1.82, 2.24) is 0 Å². The molecule has 1 unspecified atom stereocenters. The lowest BCUT2D eigenvalue weighted by molar-refractivity contribution is -0.0939. The molecule has 1 aromatic rings. The van der Waals surface area contributed by atoms with E-state index in [2.05, 4.69) is 26.0 Å². The van der Waals surface area contributed by atoms with Crippen molar-refractivity contribution in [2.24, 2.45) is 0 Å². The molecule has 0 aliphatic carbocycles. The fourth-order valence-corrected chi connectivity index (χ4v) is 1.11. The lowest BCUT2D eigenvalue weighted by atomic mass is 10.1. The number of hydrogen-bond acceptors (Lipinski definition) is 2. The van der Waals surface area contributed by atoms with E-state index in [1.54, 1.807) is 6.92 Å². The predicted octanol–water partition coefficient (Wildman–Crippen LogP) is 2.16. The largest absolute Gasteiger partial charge is 0.368 e. The van der Waals surface area contributed by atoms with Gasteiger partial charge in [0.15, 0.2) is 6.29 Å². The van der Waals surface area contributed by atoms with E-state index < -0.39 is 6.29 Å². The van der Waals surface area contributed by atoms with Gasteiger partial charge in [0.05, 0.1) is 6.61 Å². The van der Waals surface area contributed by atoms with Gasteiger partial charge in [0.25, 0.3) is 0 Å². The zero-order chi connectivity index (χ0) is 9.84. The molecule has 0 fully saturated rings. The van der Waals surface area contributed by atoms with Crippen molar-refractivity contribution in [2.45, 2.75) is 33.7 Å². The third kappa shape index (κ3) is 3.17. The lowest BCUT2D eigenvalue weighted by Gasteiger charge is -2.08. The second kappa shape index (κ2) is 4.40. The summed E-state index contributed by atoms with van der Waals surface area (Å²) in [6, 6.07) is 6.17. The molecule has 1 atom stereocenters. The van der Waals surface area contributed by atoms with Crippen molar-refractivity contribution >= 4 is 0 Å². The molecule has 0 heterocycles. The van der Waals surface area contributed by atoms with Gasteiger partial charge in [-0.1, -0.05) is 18.2 Å². The summed E-state index contributed by atoms with van der Waals surface area (Å²) in [7, 11) is 0. The van der Waals surface area contributed by atoms with Crippen LogP contribution < -0.4 is 0 Å². The van der Waals surface area contributed by atoms with Crippen LogP contribution in [0.4, 0.5) is 0 Å². The average molecular weight is 180 g/mol. The van der Waals surface area contributed by atoms with Gasteiger partial charge in [-0.05, 0) is 37.5 Å². The number of aliphatic hydroxyl groups excluding tert-OH is 1. The first-order valence-corrected chi connectivity index (χ1v) is 4.45. The normalized spacial score (nSPS) is 12.9. The zero-order valence-electron chi connectivity index (χ0n) is 8.37. The molecule has 1 rings (SSSR count). The minimum Gasteiger partial charge on any atom is -0.368 e. The Labute approximate surface area is 79.2 Å². The maximum atomic E-state index is 8.92. The molecule has 2 heteroatoms. The van der Waals surface area contributed by atoms with E-state index in [-0.39, 0.29) is 0 Å². The molecular weight excluding hydrogens is 164 g/mol. The Morgan fingerprint density at radius 3 is 2.54 bits per heavy atom. The maximum Gasteiger partial charge on any atom is 0.152 e. The summed E-state index contributed by atoms with van der Waals surface area (Å²) >= 11 is 0. The van der Waals surface area contributed by atoms with E-state index in [1.165, 1.54) is 11.1 Å². The van der Waals surface area contributed by atoms with Crippen LogP contribution in [-0.4, -0.2) is 11.4 Å². The zero-order valence-corrected chi connectivity index (χ0v) is 8.37. The fourth-order valence-electron chi connectivity index (χ4n) is 1.11. The number of hydrogen-bond donors (Lipinski definition) is 1. The van der Waals surface area contributed by atoms with E-state index in [0.29, 0.717) is 6.61 Å². The van der Waals surface area contributed by atoms with E-state index in [4.69, 9.17) is 9.84 Å². The van der Waals surface area contributed by atoms with Crippen molar-refractivity contribution in [3.63, 3.8) is 0 Å². The first kappa shape index (κ1) is 10.2. The van der Waals surface area contributed by atoms with E-state index in [0.717, 1.165) is 5.56 Å². The highest BCUT2D eigenvalue weighted by Crippen LogP contribution is 2.10. The summed E-state index contributed by atoms with van der Waals surface area (Å²) in [6.45, 7) is 6.23. The average Bonchev–Trinajstić information content (AvgIpc) is 2.07. The van der Waals surface area contributed by atoms with Gasteiger partial charge in [0, 0.05) is 0 Å². The molecule has 1 aromatic carbocycles. The molecule has 0 saturated carbocycles. The third-order valence-corrected chi connectivity index (χ3v) is 2.06. The third-order valence-electron chi connectivity index (χ3n) is 2.06. The smallest absolute Gasteiger partial charge is 0.152 e. The highest BCUT2D eigenvalue weighted by atomic mass is 16.6. The van der Waals surface area contributed by atoms with Crippen molar-refractivity contribution in [1.29, 1.82) is 0 Å². The lowest BCUT2D eigenvalue weighted by Crippen LogP contribution is -2.05. The Bertz CT molecular complexity index is 279. The number of aliphatic hydroxyl groups is 1. The van der Waals surface area contributed by atoms with Crippen LogP contribution in [0.1, 0.15) is 23.6 Å². The molecule has 0 aromatic heterocycles. The van der Waals surface area contributed by atoms with Gasteiger partial charge >= 0.3 is 0 Å². The van der Waals surface area contributed by atoms with Crippen LogP contribution >= 0.6 is 0 Å². The van der Waals surface area contributed by atoms with E-state index in [9.17, 15) is 0 Å². The number of benzene rings is 1. The summed E-state index contributed by atoms with van der Waals surface area (Å²) in [4.78, 5) is 0. The van der Waals surface area contributed by atoms with Crippen LogP contribution in [0.15, 0.2) is 18.2 Å². The van der Waals surface area contributed by atoms with Gasteiger partial charge in [-0.2, -0.15) is 0 Å². The van der Waals surface area contributed by atoms with Crippen LogP contribution in [0.2, 0.25) is 0 Å². The van der Waals surface area contributed by atoms with Crippen LogP contribution in [-0.2, 0) is 11.3 Å². The maximum absolute atomic E-state index is 8.92. The van der Waals surface area contributed by atoms with Crippen molar-refractivity contribution < 1.29 is 9.84 Å². The highest BCUT2D eigenvalue weighted by Gasteiger charge is 1.98. The Kier molecular flexibility index (Phi) is 3.46. The minimum absolute atomic E-state index is 0.471. The second-order valence-corrected chi connectivity index (χ2v) is 3.33. The summed E-state index contributed by atoms with van der Waals surface area (Å²) in [5, 5.41) is 8.92. The summed E-state index contributed by atoms with van der Waals surface area (Å²) in [5.74, 6) is 0. The van der Waals surface area contributed by atoms with E-state index in [1.807, 2.05) is 6.07 Å². The molecule has 0 aliphatic heterocycles. The van der Waals surface area contributed by atoms with Crippen molar-refractivity contribution in [3.8, 4) is 0 Å². The molecule has 1 N–H and O–H groups in total. The SMILES string of the molecule is Cc1ccc(COC(C)O)cc1C. The van der Waals surface area contributed by atoms with Crippen LogP contribution in [0.25, 0.3) is 0 Å². The molecule has 0 radical (unpaired) electrons. The molecule has 72 valence electrons. The van der Waals surface area contributed by atoms with Gasteiger partial charge in [0.2, 0.25) is 0 Å². The number of aryl methyl sites for hydroxylation is 2. The van der Waals surface area contributed by atoms with E-state index >= 15 is 0 Å². The monoisotopic (exact) mass is 180 g/mol. The molecule has 0 bridgehead atoms. The molecule has 0 aliphatic rings. The Morgan fingerprint density at radius 2 is 2.00 bits per heavy atom. The first-order chi connectivity index (χ1) is 6.09. The van der Waals surface area contributed by atoms with Crippen molar-refractivity contribution in [2.75, 3.05) is 0 Å². The molecule has 2 nitrogen and oxygen atoms in total. The Hall–Kier alpha value is -0.860. The molecule has 0 saturated heterocycles. The van der Waals surface area contributed by atoms with Gasteiger partial charge in [-0.3, -0.25) is 0 Å². The highest BCUT2D eigenvalue weighted by molar-refractivity contribution is 5.29. The molecule has 0 spiro atoms. The summed E-state index contributed by atoms with van der Waals surface area (Å²) in [5.41, 5.74) is 3.64. The summed E-state index contributed by atoms with van der Waals surface area (Å²) in [6.07, 6.45) is -0.693. The van der Waals surface area contributed by atoms with Crippen LogP contribution in [0.5, 0.6) is 0 Å². The second-order valence-electron chi connectivity index (χ2n) is 3.33. The topological polar surface area (TPSA) is 29.5 Å². The molecule has 13 heavy (non-hydrogen) atoms. The van der Waals surface area contributed by atoms with Crippen LogP contribution in [0.3, 0.4) is 0 Å². The van der Waals surface area contributed by atoms with Gasteiger partial charge in [-0.15, -0.1) is 0 Å². The van der Waals surface area contributed by atoms with Gasteiger partial charge in [-0.25, -0.2) is 0 Å². The van der Waals surface area contributed by atoms with Crippen LogP contribution in [0, 0.1) is 13.8 Å². The Morgan fingerprint density at radius 1 is 1.31 bits per heavy atom. The number of rotatable bonds is 3. The van der Waals surface area contributed by atoms with Gasteiger partial charge < -0.3 is 9.84 Å². The summed E-state index contributed by atoms with van der Waals surface area (Å²) < 4.78 is 5.08. The van der Waals surface area contributed by atoms with Crippen molar-refractivity contribution in [3.05, 3.63) is 34.9 Å².